The van der Waals surface area contributed by atoms with Gasteiger partial charge in [-0.05, 0) is 17.1 Å². The van der Waals surface area contributed by atoms with Gasteiger partial charge in [-0.15, -0.1) is 0 Å². The van der Waals surface area contributed by atoms with E-state index in [4.69, 9.17) is 9.97 Å². The summed E-state index contributed by atoms with van der Waals surface area (Å²) in [5.41, 5.74) is 4.29. The van der Waals surface area contributed by atoms with Crippen LogP contribution in [-0.4, -0.2) is 36.9 Å². The van der Waals surface area contributed by atoms with Gasteiger partial charge in [-0.25, -0.2) is 4.98 Å². The maximum atomic E-state index is 9.62. The number of nitrogens with one attached hydrogen (secondary N) is 2. The first-order valence-corrected chi connectivity index (χ1v) is 9.42. The molecule has 9 heteroatoms. The average Bonchev–Trinajstić information content (AvgIpc) is 3.39. The molecule has 5 rings (SSSR count). The van der Waals surface area contributed by atoms with Crippen molar-refractivity contribution >= 4 is 29.3 Å². The standard InChI is InChI=1S/C20H19BN6O2/c28-21(29)16-7-4-8-18-14(16)11-24-27(18)20-25-17-12-22-10-15(17)19(26-20)23-9-13-5-2-1-3-6-13/h1-8,11,22,28-29H,9-10,12H2,(H,23,25,26). The molecule has 0 radical (unpaired) electrons. The number of benzene rings is 2. The molecule has 0 amide bonds. The fraction of sp³-hybridized carbons (Fsp3) is 0.150. The second-order valence-corrected chi connectivity index (χ2v) is 6.95. The molecule has 0 aliphatic carbocycles. The predicted octanol–water partition coefficient (Wildman–Crippen LogP) is 0.711. The highest BCUT2D eigenvalue weighted by Crippen LogP contribution is 2.24. The van der Waals surface area contributed by atoms with Crippen LogP contribution in [0.2, 0.25) is 0 Å². The van der Waals surface area contributed by atoms with Crippen molar-refractivity contribution < 1.29 is 10.0 Å². The van der Waals surface area contributed by atoms with Gasteiger partial charge in [0.25, 0.3) is 5.95 Å². The Bertz CT molecular complexity index is 1180. The van der Waals surface area contributed by atoms with Gasteiger partial charge in [0, 0.05) is 30.6 Å². The third-order valence-electron chi connectivity index (χ3n) is 5.09. The number of rotatable bonds is 5. The van der Waals surface area contributed by atoms with Crippen LogP contribution in [0.4, 0.5) is 5.82 Å². The number of hydrogen-bond acceptors (Lipinski definition) is 7. The van der Waals surface area contributed by atoms with Crippen LogP contribution in [0.15, 0.2) is 54.7 Å². The maximum Gasteiger partial charge on any atom is 0.489 e. The highest BCUT2D eigenvalue weighted by atomic mass is 16.4. The van der Waals surface area contributed by atoms with E-state index in [0.717, 1.165) is 22.6 Å². The quantitative estimate of drug-likeness (QED) is 0.374. The van der Waals surface area contributed by atoms with Crippen LogP contribution in [-0.2, 0) is 19.6 Å². The summed E-state index contributed by atoms with van der Waals surface area (Å²) in [7, 11) is -1.57. The van der Waals surface area contributed by atoms with E-state index in [1.165, 1.54) is 5.56 Å². The molecule has 0 unspecified atom stereocenters. The van der Waals surface area contributed by atoms with Crippen molar-refractivity contribution in [3.63, 3.8) is 0 Å². The highest BCUT2D eigenvalue weighted by molar-refractivity contribution is 6.61. The second-order valence-electron chi connectivity index (χ2n) is 6.95. The van der Waals surface area contributed by atoms with Crippen LogP contribution in [0, 0.1) is 0 Å². The Hall–Kier alpha value is -3.27. The molecule has 144 valence electrons. The van der Waals surface area contributed by atoms with Gasteiger partial charge in [-0.1, -0.05) is 42.5 Å². The van der Waals surface area contributed by atoms with Crippen LogP contribution < -0.4 is 16.1 Å². The smallest absolute Gasteiger partial charge is 0.423 e. The molecule has 0 bridgehead atoms. The molecular formula is C20H19BN6O2. The zero-order valence-electron chi connectivity index (χ0n) is 15.6. The summed E-state index contributed by atoms with van der Waals surface area (Å²) < 4.78 is 1.63. The van der Waals surface area contributed by atoms with Crippen LogP contribution in [0.3, 0.4) is 0 Å². The first kappa shape index (κ1) is 17.8. The summed E-state index contributed by atoms with van der Waals surface area (Å²) in [4.78, 5) is 9.44. The largest absolute Gasteiger partial charge is 0.489 e. The molecule has 1 aliphatic heterocycles. The van der Waals surface area contributed by atoms with E-state index >= 15 is 0 Å². The minimum atomic E-state index is -1.57. The van der Waals surface area contributed by atoms with Crippen LogP contribution in [0.25, 0.3) is 16.9 Å². The fourth-order valence-electron chi connectivity index (χ4n) is 3.64. The van der Waals surface area contributed by atoms with Gasteiger partial charge in [-0.3, -0.25) is 0 Å². The van der Waals surface area contributed by atoms with Gasteiger partial charge in [0.2, 0.25) is 0 Å². The van der Waals surface area contributed by atoms with Crippen molar-refractivity contribution in [2.24, 2.45) is 0 Å². The van der Waals surface area contributed by atoms with Crippen LogP contribution in [0.5, 0.6) is 0 Å². The van der Waals surface area contributed by atoms with E-state index in [9.17, 15) is 10.0 Å². The average molecular weight is 386 g/mol. The van der Waals surface area contributed by atoms with E-state index in [2.05, 4.69) is 27.9 Å². The summed E-state index contributed by atoms with van der Waals surface area (Å²) in [5, 5.41) is 31.1. The lowest BCUT2D eigenvalue weighted by Crippen LogP contribution is -2.30. The molecule has 1 aliphatic rings. The van der Waals surface area contributed by atoms with Crippen molar-refractivity contribution in [3.8, 4) is 5.95 Å². The Balaban J connectivity index is 1.56. The van der Waals surface area contributed by atoms with Crippen LogP contribution >= 0.6 is 0 Å². The third kappa shape index (κ3) is 3.25. The predicted molar refractivity (Wildman–Crippen MR) is 111 cm³/mol. The molecule has 8 nitrogen and oxygen atoms in total. The molecule has 0 atom stereocenters. The Labute approximate surface area is 167 Å². The monoisotopic (exact) mass is 386 g/mol. The van der Waals surface area contributed by atoms with Gasteiger partial charge in [0.1, 0.15) is 5.82 Å². The number of aromatic nitrogens is 4. The Morgan fingerprint density at radius 3 is 2.72 bits per heavy atom. The molecule has 2 aromatic carbocycles. The summed E-state index contributed by atoms with van der Waals surface area (Å²) in [6, 6.07) is 15.4. The lowest BCUT2D eigenvalue weighted by Gasteiger charge is -2.12. The first-order chi connectivity index (χ1) is 14.2. The van der Waals surface area contributed by atoms with Crippen molar-refractivity contribution in [3.05, 3.63) is 71.5 Å². The summed E-state index contributed by atoms with van der Waals surface area (Å²) in [5.74, 6) is 1.23. The summed E-state index contributed by atoms with van der Waals surface area (Å²) in [6.07, 6.45) is 1.61. The summed E-state index contributed by atoms with van der Waals surface area (Å²) in [6.45, 7) is 2.04. The van der Waals surface area contributed by atoms with Crippen molar-refractivity contribution in [2.75, 3.05) is 5.32 Å². The Kier molecular flexibility index (Phi) is 4.47. The normalized spacial score (nSPS) is 12.9. The molecule has 3 heterocycles. The molecule has 0 spiro atoms. The number of anilines is 1. The molecule has 2 aromatic heterocycles. The molecular weight excluding hydrogens is 367 g/mol. The second kappa shape index (κ2) is 7.29. The third-order valence-corrected chi connectivity index (χ3v) is 5.09. The fourth-order valence-corrected chi connectivity index (χ4v) is 3.64. The van der Waals surface area contributed by atoms with Gasteiger partial charge >= 0.3 is 7.12 Å². The van der Waals surface area contributed by atoms with E-state index in [1.54, 1.807) is 23.0 Å². The SMILES string of the molecule is OB(O)c1cccc2c1cnn2-c1nc2c(c(NCc3ccccc3)n1)CNC2. The number of hydrogen-bond donors (Lipinski definition) is 4. The number of nitrogens with zero attached hydrogens (tertiary/aromatic N) is 4. The highest BCUT2D eigenvalue weighted by Gasteiger charge is 2.22. The lowest BCUT2D eigenvalue weighted by atomic mass is 9.78. The molecule has 29 heavy (non-hydrogen) atoms. The Morgan fingerprint density at radius 1 is 1.03 bits per heavy atom. The minimum Gasteiger partial charge on any atom is -0.423 e. The van der Waals surface area contributed by atoms with E-state index in [0.29, 0.717) is 36.4 Å². The van der Waals surface area contributed by atoms with Gasteiger partial charge in [0.15, 0.2) is 0 Å². The molecule has 4 N–H and O–H groups in total. The lowest BCUT2D eigenvalue weighted by molar-refractivity contribution is 0.426. The van der Waals surface area contributed by atoms with E-state index in [1.807, 2.05) is 24.3 Å². The summed E-state index contributed by atoms with van der Waals surface area (Å²) >= 11 is 0. The molecule has 0 saturated heterocycles. The maximum absolute atomic E-state index is 9.62. The Morgan fingerprint density at radius 2 is 1.90 bits per heavy atom. The molecule has 0 saturated carbocycles. The zero-order chi connectivity index (χ0) is 19.8. The van der Waals surface area contributed by atoms with Crippen molar-refractivity contribution in [2.45, 2.75) is 19.6 Å². The number of fused-ring (bicyclic) bond motifs is 2. The van der Waals surface area contributed by atoms with Gasteiger partial charge in [-0.2, -0.15) is 14.8 Å². The van der Waals surface area contributed by atoms with Crippen molar-refractivity contribution in [1.82, 2.24) is 25.1 Å². The van der Waals surface area contributed by atoms with Gasteiger partial charge < -0.3 is 20.7 Å². The van der Waals surface area contributed by atoms with E-state index < -0.39 is 7.12 Å². The minimum absolute atomic E-state index is 0.402. The van der Waals surface area contributed by atoms with Crippen LogP contribution in [0.1, 0.15) is 16.8 Å². The zero-order valence-corrected chi connectivity index (χ0v) is 15.6. The van der Waals surface area contributed by atoms with E-state index in [-0.39, 0.29) is 0 Å². The molecule has 4 aromatic rings. The topological polar surface area (TPSA) is 108 Å². The van der Waals surface area contributed by atoms with Crippen molar-refractivity contribution in [1.29, 1.82) is 0 Å². The van der Waals surface area contributed by atoms with Gasteiger partial charge in [0.05, 0.1) is 17.4 Å². The first-order valence-electron chi connectivity index (χ1n) is 9.42. The molecule has 0 fully saturated rings.